The van der Waals surface area contributed by atoms with Crippen molar-refractivity contribution >= 4 is 34.6 Å². The molecule has 1 heterocycles. The lowest BCUT2D eigenvalue weighted by molar-refractivity contribution is 0.200. The number of nitrogens with zero attached hydrogens (tertiary/aromatic N) is 2. The fraction of sp³-hybridized carbons (Fsp3) is 0.357. The maximum atomic E-state index is 12.3. The maximum Gasteiger partial charge on any atom is 0.367 e. The fourth-order valence-electron chi connectivity index (χ4n) is 2.15. The van der Waals surface area contributed by atoms with E-state index in [9.17, 15) is 9.59 Å². The molecule has 118 valence electrons. The van der Waals surface area contributed by atoms with E-state index < -0.39 is 0 Å². The van der Waals surface area contributed by atoms with Crippen molar-refractivity contribution in [2.24, 2.45) is 5.73 Å². The highest BCUT2D eigenvalue weighted by molar-refractivity contribution is 8.13. The molecule has 0 aliphatic carbocycles. The van der Waals surface area contributed by atoms with Gasteiger partial charge in [-0.1, -0.05) is 0 Å². The Balaban J connectivity index is 1.93. The average molecular weight is 322 g/mol. The second-order valence-corrected chi connectivity index (χ2v) is 5.71. The van der Waals surface area contributed by atoms with Gasteiger partial charge in [0, 0.05) is 36.6 Å². The number of nitrogens with two attached hydrogens (primary N) is 1. The van der Waals surface area contributed by atoms with E-state index in [1.165, 1.54) is 7.11 Å². The van der Waals surface area contributed by atoms with Gasteiger partial charge in [0.25, 0.3) is 0 Å². The van der Waals surface area contributed by atoms with E-state index in [1.807, 2.05) is 0 Å². The minimum absolute atomic E-state index is 0.000704. The zero-order valence-electron chi connectivity index (χ0n) is 12.2. The predicted molar refractivity (Wildman–Crippen MR) is 86.6 cm³/mol. The molecule has 0 radical (unpaired) electrons. The summed E-state index contributed by atoms with van der Waals surface area (Å²) in [5.41, 5.74) is 6.81. The smallest absolute Gasteiger partial charge is 0.367 e. The third-order valence-electron chi connectivity index (χ3n) is 3.33. The summed E-state index contributed by atoms with van der Waals surface area (Å²) in [5, 5.41) is 7.02. The van der Waals surface area contributed by atoms with E-state index in [4.69, 9.17) is 11.1 Å². The summed E-state index contributed by atoms with van der Waals surface area (Å²) in [6, 6.07) is 6.92. The van der Waals surface area contributed by atoms with Gasteiger partial charge in [0.1, 0.15) is 5.84 Å². The maximum absolute atomic E-state index is 12.3. The van der Waals surface area contributed by atoms with E-state index in [1.54, 1.807) is 34.1 Å². The molecule has 1 aliphatic rings. The Morgan fingerprint density at radius 1 is 1.36 bits per heavy atom. The summed E-state index contributed by atoms with van der Waals surface area (Å²) in [6.07, 6.45) is 0. The average Bonchev–Trinajstić information content (AvgIpc) is 2.88. The zero-order chi connectivity index (χ0) is 16.1. The Morgan fingerprint density at radius 2 is 2.05 bits per heavy atom. The molecular formula is C14H18N4O3S. The number of rotatable bonds is 5. The first kappa shape index (κ1) is 16.2. The molecule has 1 saturated heterocycles. The normalized spacial score (nSPS) is 14.3. The minimum atomic E-state index is -0.344. The number of hydrogen-bond acceptors (Lipinski definition) is 5. The molecule has 0 saturated carbocycles. The van der Waals surface area contributed by atoms with Gasteiger partial charge in [0.15, 0.2) is 0 Å². The second kappa shape index (κ2) is 7.17. The number of amides is 2. The quantitative estimate of drug-likeness (QED) is 0.488. The van der Waals surface area contributed by atoms with Crippen LogP contribution in [0.25, 0.3) is 0 Å². The van der Waals surface area contributed by atoms with Gasteiger partial charge in [-0.3, -0.25) is 10.3 Å². The van der Waals surface area contributed by atoms with Crippen LogP contribution in [-0.4, -0.2) is 54.6 Å². The van der Waals surface area contributed by atoms with Crippen molar-refractivity contribution in [3.05, 3.63) is 29.8 Å². The first-order chi connectivity index (χ1) is 10.5. The van der Waals surface area contributed by atoms with Gasteiger partial charge in [-0.25, -0.2) is 9.59 Å². The highest BCUT2D eigenvalue weighted by Crippen LogP contribution is 2.21. The molecule has 2 amide bonds. The number of carbonyl (C=O) groups is 2. The van der Waals surface area contributed by atoms with Crippen molar-refractivity contribution < 1.29 is 14.3 Å². The molecular weight excluding hydrogens is 304 g/mol. The summed E-state index contributed by atoms with van der Waals surface area (Å²) >= 11 is 1.06. The second-order valence-electron chi connectivity index (χ2n) is 4.68. The van der Waals surface area contributed by atoms with E-state index in [-0.39, 0.29) is 17.2 Å². The lowest BCUT2D eigenvalue weighted by Gasteiger charge is -2.18. The number of amidine groups is 1. The molecule has 0 bridgehead atoms. The summed E-state index contributed by atoms with van der Waals surface area (Å²) in [7, 11) is 1.34. The first-order valence-electron chi connectivity index (χ1n) is 6.74. The summed E-state index contributed by atoms with van der Waals surface area (Å²) in [5.74, 6) is 0.510. The monoisotopic (exact) mass is 322 g/mol. The van der Waals surface area contributed by atoms with Gasteiger partial charge >= 0.3 is 11.3 Å². The Morgan fingerprint density at radius 3 is 2.64 bits per heavy atom. The summed E-state index contributed by atoms with van der Waals surface area (Å²) in [4.78, 5) is 26.7. The van der Waals surface area contributed by atoms with Gasteiger partial charge in [-0.15, -0.1) is 0 Å². The standard InChI is InChI=1S/C14H18N4O3S/c1-21-14(20)22-9-8-17-6-7-18(13(17)19)11-4-2-10(3-5-11)12(15)16/h2-5H,6-9H2,1H3,(H3,15,16). The number of anilines is 1. The van der Waals surface area contributed by atoms with Crippen LogP contribution < -0.4 is 10.6 Å². The van der Waals surface area contributed by atoms with Gasteiger partial charge in [-0.05, 0) is 36.0 Å². The SMILES string of the molecule is COC(=O)SCCN1CCN(c2ccc(C(=N)N)cc2)C1=O. The topological polar surface area (TPSA) is 99.7 Å². The number of carbonyl (C=O) groups excluding carboxylic acids is 2. The van der Waals surface area contributed by atoms with Crippen LogP contribution >= 0.6 is 11.8 Å². The highest BCUT2D eigenvalue weighted by Gasteiger charge is 2.29. The van der Waals surface area contributed by atoms with Gasteiger partial charge in [0.2, 0.25) is 0 Å². The Bertz CT molecular complexity index is 576. The zero-order valence-corrected chi connectivity index (χ0v) is 13.1. The summed E-state index contributed by atoms with van der Waals surface area (Å²) < 4.78 is 4.55. The van der Waals surface area contributed by atoms with Gasteiger partial charge < -0.3 is 15.4 Å². The third-order valence-corrected chi connectivity index (χ3v) is 4.12. The fourth-order valence-corrected chi connectivity index (χ4v) is 2.74. The molecule has 8 heteroatoms. The molecule has 0 unspecified atom stereocenters. The Hall–Kier alpha value is -2.22. The van der Waals surface area contributed by atoms with E-state index in [0.717, 1.165) is 17.4 Å². The van der Waals surface area contributed by atoms with Crippen LogP contribution in [0.4, 0.5) is 15.3 Å². The number of urea groups is 1. The Kier molecular flexibility index (Phi) is 5.26. The van der Waals surface area contributed by atoms with E-state index in [2.05, 4.69) is 4.74 Å². The first-order valence-corrected chi connectivity index (χ1v) is 7.73. The molecule has 0 spiro atoms. The van der Waals surface area contributed by atoms with Crippen LogP contribution in [0.15, 0.2) is 24.3 Å². The van der Waals surface area contributed by atoms with Gasteiger partial charge in [-0.2, -0.15) is 0 Å². The molecule has 1 aromatic rings. The number of hydrogen-bond donors (Lipinski definition) is 2. The number of methoxy groups -OCH3 is 1. The van der Waals surface area contributed by atoms with Crippen LogP contribution in [0.1, 0.15) is 5.56 Å². The van der Waals surface area contributed by atoms with Crippen molar-refractivity contribution in [3.63, 3.8) is 0 Å². The largest absolute Gasteiger partial charge is 0.461 e. The van der Waals surface area contributed by atoms with Crippen LogP contribution in [-0.2, 0) is 4.74 Å². The lowest BCUT2D eigenvalue weighted by Crippen LogP contribution is -2.33. The number of nitrogens with one attached hydrogen (secondary N) is 1. The van der Waals surface area contributed by atoms with Crippen LogP contribution in [0, 0.1) is 5.41 Å². The van der Waals surface area contributed by atoms with Crippen molar-refractivity contribution in [1.82, 2.24) is 4.90 Å². The van der Waals surface area contributed by atoms with E-state index in [0.29, 0.717) is 31.0 Å². The molecule has 1 aromatic carbocycles. The molecule has 0 aromatic heterocycles. The van der Waals surface area contributed by atoms with Crippen LogP contribution in [0.3, 0.4) is 0 Å². The van der Waals surface area contributed by atoms with Crippen molar-refractivity contribution in [1.29, 1.82) is 5.41 Å². The lowest BCUT2D eigenvalue weighted by atomic mass is 10.2. The van der Waals surface area contributed by atoms with Crippen molar-refractivity contribution in [2.75, 3.05) is 37.4 Å². The number of thioether (sulfide) groups is 1. The molecule has 1 fully saturated rings. The van der Waals surface area contributed by atoms with Crippen LogP contribution in [0.5, 0.6) is 0 Å². The number of benzene rings is 1. The Labute approximate surface area is 132 Å². The van der Waals surface area contributed by atoms with Crippen molar-refractivity contribution in [2.45, 2.75) is 0 Å². The highest BCUT2D eigenvalue weighted by atomic mass is 32.2. The number of ether oxygens (including phenoxy) is 1. The molecule has 22 heavy (non-hydrogen) atoms. The summed E-state index contributed by atoms with van der Waals surface area (Å²) in [6.45, 7) is 1.72. The van der Waals surface area contributed by atoms with Crippen LogP contribution in [0.2, 0.25) is 0 Å². The van der Waals surface area contributed by atoms with E-state index >= 15 is 0 Å². The molecule has 7 nitrogen and oxygen atoms in total. The third kappa shape index (κ3) is 3.70. The molecule has 3 N–H and O–H groups in total. The van der Waals surface area contributed by atoms with Crippen molar-refractivity contribution in [3.8, 4) is 0 Å². The molecule has 2 rings (SSSR count). The number of nitrogen functional groups attached to an aromatic ring is 1. The predicted octanol–water partition coefficient (Wildman–Crippen LogP) is 1.71. The minimum Gasteiger partial charge on any atom is -0.461 e. The van der Waals surface area contributed by atoms with Gasteiger partial charge in [0.05, 0.1) is 7.11 Å². The molecule has 0 atom stereocenters. The molecule has 1 aliphatic heterocycles.